The summed E-state index contributed by atoms with van der Waals surface area (Å²) >= 11 is 1.35. The minimum absolute atomic E-state index is 0.0101. The van der Waals surface area contributed by atoms with E-state index in [1.54, 1.807) is 32.2 Å². The number of ether oxygens (including phenoxy) is 1. The van der Waals surface area contributed by atoms with Gasteiger partial charge in [0.15, 0.2) is 5.13 Å². The Morgan fingerprint density at radius 1 is 1.12 bits per heavy atom. The van der Waals surface area contributed by atoms with E-state index in [9.17, 15) is 13.2 Å². The summed E-state index contributed by atoms with van der Waals surface area (Å²) in [4.78, 5) is 18.5. The first-order valence-electron chi connectivity index (χ1n) is 10.3. The van der Waals surface area contributed by atoms with Gasteiger partial charge in [0, 0.05) is 16.0 Å². The van der Waals surface area contributed by atoms with Crippen molar-refractivity contribution in [3.8, 4) is 17.0 Å². The molecule has 0 bridgehead atoms. The maximum Gasteiger partial charge on any atom is 0.257 e. The molecule has 10 heteroatoms. The van der Waals surface area contributed by atoms with Crippen LogP contribution in [0.4, 0.5) is 5.13 Å². The number of nitrogens with one attached hydrogen (secondary N) is 2. The second-order valence-electron chi connectivity index (χ2n) is 7.49. The molecule has 0 fully saturated rings. The highest BCUT2D eigenvalue weighted by Crippen LogP contribution is 2.31. The van der Waals surface area contributed by atoms with Gasteiger partial charge in [0.25, 0.3) is 5.91 Å². The maximum atomic E-state index is 13.0. The molecule has 34 heavy (non-hydrogen) atoms. The average molecular weight is 498 g/mol. The highest BCUT2D eigenvalue weighted by atomic mass is 32.2. The number of hydrogen-bond acceptors (Lipinski definition) is 7. The molecular weight excluding hydrogens is 474 g/mol. The van der Waals surface area contributed by atoms with Crippen LogP contribution in [0.1, 0.15) is 26.6 Å². The number of rotatable bonds is 8. The number of amides is 1. The Hall–Kier alpha value is -3.47. The van der Waals surface area contributed by atoms with Crippen LogP contribution >= 0.6 is 11.3 Å². The number of carbonyl (C=O) groups excluding carboxylic acids is 1. The summed E-state index contributed by atoms with van der Waals surface area (Å²) in [6, 6.07) is 15.3. The first-order chi connectivity index (χ1) is 16.3. The SMILES string of the molecule is COc1ccc(-c2nc(NC(=O)c3cc(S(=O)(=O)NCc4ccco4)ccc3C)sc2C)cc1. The monoisotopic (exact) mass is 497 g/mol. The number of aryl methyl sites for hydroxylation is 2. The predicted octanol–water partition coefficient (Wildman–Crippen LogP) is 4.76. The van der Waals surface area contributed by atoms with Gasteiger partial charge in [-0.15, -0.1) is 11.3 Å². The Kier molecular flexibility index (Phi) is 6.82. The van der Waals surface area contributed by atoms with Crippen LogP contribution in [0, 0.1) is 13.8 Å². The first kappa shape index (κ1) is 23.7. The van der Waals surface area contributed by atoms with E-state index < -0.39 is 15.9 Å². The van der Waals surface area contributed by atoms with Gasteiger partial charge in [0.05, 0.1) is 30.5 Å². The van der Waals surface area contributed by atoms with Crippen molar-refractivity contribution in [2.45, 2.75) is 25.3 Å². The largest absolute Gasteiger partial charge is 0.497 e. The van der Waals surface area contributed by atoms with Gasteiger partial charge in [-0.25, -0.2) is 18.1 Å². The quantitative estimate of drug-likeness (QED) is 0.363. The third kappa shape index (κ3) is 5.19. The molecule has 2 aromatic heterocycles. The molecule has 0 saturated heterocycles. The highest BCUT2D eigenvalue weighted by molar-refractivity contribution is 7.89. The lowest BCUT2D eigenvalue weighted by Crippen LogP contribution is -2.24. The minimum Gasteiger partial charge on any atom is -0.497 e. The molecule has 0 aliphatic carbocycles. The van der Waals surface area contributed by atoms with E-state index in [4.69, 9.17) is 9.15 Å². The number of methoxy groups -OCH3 is 1. The third-order valence-corrected chi connectivity index (χ3v) is 7.45. The van der Waals surface area contributed by atoms with Crippen LogP contribution < -0.4 is 14.8 Å². The van der Waals surface area contributed by atoms with Gasteiger partial charge in [0.1, 0.15) is 11.5 Å². The maximum absolute atomic E-state index is 13.0. The number of carbonyl (C=O) groups is 1. The zero-order valence-electron chi connectivity index (χ0n) is 18.8. The molecule has 0 atom stereocenters. The number of anilines is 1. The molecule has 0 radical (unpaired) electrons. The van der Waals surface area contributed by atoms with E-state index >= 15 is 0 Å². The fraction of sp³-hybridized carbons (Fsp3) is 0.167. The molecule has 0 spiro atoms. The van der Waals surface area contributed by atoms with Gasteiger partial charge in [-0.1, -0.05) is 6.07 Å². The van der Waals surface area contributed by atoms with E-state index in [1.165, 1.54) is 29.7 Å². The van der Waals surface area contributed by atoms with Crippen molar-refractivity contribution in [1.82, 2.24) is 9.71 Å². The van der Waals surface area contributed by atoms with E-state index in [-0.39, 0.29) is 17.0 Å². The minimum atomic E-state index is -3.84. The summed E-state index contributed by atoms with van der Waals surface area (Å²) in [5.74, 6) is 0.796. The van der Waals surface area contributed by atoms with Crippen LogP contribution in [-0.4, -0.2) is 26.4 Å². The second kappa shape index (κ2) is 9.80. The fourth-order valence-electron chi connectivity index (χ4n) is 3.31. The number of thiazole rings is 1. The lowest BCUT2D eigenvalue weighted by molar-refractivity contribution is 0.102. The summed E-state index contributed by atoms with van der Waals surface area (Å²) in [5.41, 5.74) is 2.56. The van der Waals surface area contributed by atoms with Crippen molar-refractivity contribution >= 4 is 32.4 Å². The van der Waals surface area contributed by atoms with Gasteiger partial charge in [-0.3, -0.25) is 10.1 Å². The average Bonchev–Trinajstić information content (AvgIpc) is 3.47. The van der Waals surface area contributed by atoms with E-state index in [0.29, 0.717) is 16.5 Å². The van der Waals surface area contributed by atoms with Crippen LogP contribution in [0.2, 0.25) is 0 Å². The van der Waals surface area contributed by atoms with Crippen LogP contribution in [0.5, 0.6) is 5.75 Å². The fourth-order valence-corrected chi connectivity index (χ4v) is 5.16. The summed E-state index contributed by atoms with van der Waals surface area (Å²) in [5, 5.41) is 3.23. The van der Waals surface area contributed by atoms with Crippen LogP contribution in [0.25, 0.3) is 11.3 Å². The topological polar surface area (TPSA) is 111 Å². The van der Waals surface area contributed by atoms with Gasteiger partial charge >= 0.3 is 0 Å². The Morgan fingerprint density at radius 3 is 2.56 bits per heavy atom. The molecular formula is C24H23N3O5S2. The zero-order valence-corrected chi connectivity index (χ0v) is 20.4. The molecule has 176 valence electrons. The van der Waals surface area contributed by atoms with Crippen molar-refractivity contribution in [2.24, 2.45) is 0 Å². The Balaban J connectivity index is 1.53. The van der Waals surface area contributed by atoms with Gasteiger partial charge in [0.2, 0.25) is 10.0 Å². The van der Waals surface area contributed by atoms with E-state index in [1.807, 2.05) is 31.2 Å². The lowest BCUT2D eigenvalue weighted by atomic mass is 10.1. The molecule has 2 N–H and O–H groups in total. The smallest absolute Gasteiger partial charge is 0.257 e. The number of nitrogens with zero attached hydrogens (tertiary/aromatic N) is 1. The normalized spacial score (nSPS) is 11.4. The molecule has 4 rings (SSSR count). The van der Waals surface area contributed by atoms with Crippen LogP contribution in [0.3, 0.4) is 0 Å². The molecule has 2 heterocycles. The molecule has 2 aromatic carbocycles. The number of sulfonamides is 1. The number of hydrogen-bond donors (Lipinski definition) is 2. The molecule has 0 unspecified atom stereocenters. The standard InChI is InChI=1S/C24H23N3O5S2/c1-15-6-11-20(34(29,30)25-14-19-5-4-12-32-19)13-21(15)23(28)27-24-26-22(16(2)33-24)17-7-9-18(31-3)10-8-17/h4-13,25H,14H2,1-3H3,(H,26,27,28). The van der Waals surface area contributed by atoms with Crippen molar-refractivity contribution < 1.29 is 22.4 Å². The van der Waals surface area contributed by atoms with Gasteiger partial charge < -0.3 is 9.15 Å². The molecule has 4 aromatic rings. The molecule has 0 saturated carbocycles. The Morgan fingerprint density at radius 2 is 1.88 bits per heavy atom. The Bertz CT molecular complexity index is 1410. The van der Waals surface area contributed by atoms with Crippen molar-refractivity contribution in [1.29, 1.82) is 0 Å². The molecule has 1 amide bonds. The van der Waals surface area contributed by atoms with Crippen LogP contribution in [0.15, 0.2) is 70.2 Å². The molecule has 0 aliphatic heterocycles. The van der Waals surface area contributed by atoms with Gasteiger partial charge in [-0.2, -0.15) is 0 Å². The summed E-state index contributed by atoms with van der Waals surface area (Å²) < 4.78 is 38.3. The summed E-state index contributed by atoms with van der Waals surface area (Å²) in [7, 11) is -2.23. The van der Waals surface area contributed by atoms with E-state index in [0.717, 1.165) is 21.9 Å². The second-order valence-corrected chi connectivity index (χ2v) is 10.5. The summed E-state index contributed by atoms with van der Waals surface area (Å²) in [6.45, 7) is 3.69. The third-order valence-electron chi connectivity index (χ3n) is 5.16. The predicted molar refractivity (Wildman–Crippen MR) is 131 cm³/mol. The van der Waals surface area contributed by atoms with Crippen molar-refractivity contribution in [3.63, 3.8) is 0 Å². The number of benzene rings is 2. The Labute approximate surface area is 201 Å². The van der Waals surface area contributed by atoms with Crippen molar-refractivity contribution in [3.05, 3.63) is 82.6 Å². The zero-order chi connectivity index (χ0) is 24.3. The van der Waals surface area contributed by atoms with Crippen LogP contribution in [-0.2, 0) is 16.6 Å². The number of aromatic nitrogens is 1. The lowest BCUT2D eigenvalue weighted by Gasteiger charge is -2.10. The van der Waals surface area contributed by atoms with E-state index in [2.05, 4.69) is 15.0 Å². The van der Waals surface area contributed by atoms with Gasteiger partial charge in [-0.05, 0) is 67.9 Å². The molecule has 8 nitrogen and oxygen atoms in total. The first-order valence-corrected chi connectivity index (χ1v) is 12.6. The molecule has 0 aliphatic rings. The number of furan rings is 1. The summed E-state index contributed by atoms with van der Waals surface area (Å²) in [6.07, 6.45) is 1.47. The highest BCUT2D eigenvalue weighted by Gasteiger charge is 2.20. The van der Waals surface area contributed by atoms with Crippen molar-refractivity contribution in [2.75, 3.05) is 12.4 Å².